The van der Waals surface area contributed by atoms with E-state index in [0.29, 0.717) is 19.4 Å². The largest absolute Gasteiger partial charge is 0.460 e. The Balaban J connectivity index is 1.37. The number of allylic oxidation sites excluding steroid dienone is 1. The van der Waals surface area contributed by atoms with E-state index in [1.807, 2.05) is 31.2 Å². The highest BCUT2D eigenvalue weighted by molar-refractivity contribution is 5.82. The number of rotatable bonds is 5. The first-order valence-corrected chi connectivity index (χ1v) is 13.1. The summed E-state index contributed by atoms with van der Waals surface area (Å²) in [6.45, 7) is 3.92. The highest BCUT2D eigenvalue weighted by Crippen LogP contribution is 2.55. The van der Waals surface area contributed by atoms with E-state index in [2.05, 4.69) is 16.4 Å². The third kappa shape index (κ3) is 4.99. The Morgan fingerprint density at radius 3 is 2.86 bits per heavy atom. The van der Waals surface area contributed by atoms with Crippen molar-refractivity contribution in [2.45, 2.75) is 57.3 Å². The molecule has 0 unspecified atom stereocenters. The molecule has 5 rings (SSSR count). The van der Waals surface area contributed by atoms with E-state index in [-0.39, 0.29) is 35.5 Å². The number of benzene rings is 1. The second-order valence-electron chi connectivity index (χ2n) is 10.5. The molecule has 1 aromatic carbocycles. The van der Waals surface area contributed by atoms with Crippen LogP contribution < -0.4 is 5.32 Å². The predicted octanol–water partition coefficient (Wildman–Crippen LogP) is 4.74. The number of nitrogens with zero attached hydrogens (tertiary/aromatic N) is 1. The lowest BCUT2D eigenvalue weighted by Gasteiger charge is -2.50. The Morgan fingerprint density at radius 2 is 2.14 bits per heavy atom. The van der Waals surface area contributed by atoms with Crippen molar-refractivity contribution in [2.24, 2.45) is 23.7 Å². The minimum absolute atomic E-state index is 0.0535. The molecule has 196 valence electrons. The molecule has 3 aliphatic rings. The van der Waals surface area contributed by atoms with Gasteiger partial charge in [0.1, 0.15) is 11.9 Å². The molecule has 2 aromatic rings. The maximum atomic E-state index is 13.6. The maximum Gasteiger partial charge on any atom is 0.407 e. The molecule has 1 amide bonds. The third-order valence-electron chi connectivity index (χ3n) is 8.26. The lowest BCUT2D eigenvalue weighted by atomic mass is 9.55. The van der Waals surface area contributed by atoms with Gasteiger partial charge >= 0.3 is 12.1 Å². The van der Waals surface area contributed by atoms with Crippen molar-refractivity contribution in [3.63, 3.8) is 0 Å². The molecule has 2 heterocycles. The predicted molar refractivity (Wildman–Crippen MR) is 136 cm³/mol. The molecular weight excluding hydrogens is 475 g/mol. The van der Waals surface area contributed by atoms with Crippen molar-refractivity contribution < 1.29 is 28.6 Å². The van der Waals surface area contributed by atoms with Crippen LogP contribution >= 0.6 is 0 Å². The van der Waals surface area contributed by atoms with Crippen molar-refractivity contribution in [3.05, 3.63) is 60.2 Å². The molecule has 0 bridgehead atoms. The Morgan fingerprint density at radius 1 is 1.30 bits per heavy atom. The number of fused-ring (bicyclic) bond motifs is 2. The van der Waals surface area contributed by atoms with Crippen molar-refractivity contribution in [1.82, 2.24) is 10.3 Å². The molecule has 7 atom stereocenters. The number of carbonyl (C=O) groups is 2. The average Bonchev–Trinajstić information content (AvgIpc) is 3.09. The zero-order valence-electron chi connectivity index (χ0n) is 21.1. The summed E-state index contributed by atoms with van der Waals surface area (Å²) in [6.07, 6.45) is 7.54. The van der Waals surface area contributed by atoms with Gasteiger partial charge in [0.15, 0.2) is 5.60 Å². The van der Waals surface area contributed by atoms with Crippen LogP contribution in [-0.2, 0) is 14.3 Å². The van der Waals surface area contributed by atoms with E-state index < -0.39 is 23.8 Å². The molecule has 3 fully saturated rings. The zero-order valence-corrected chi connectivity index (χ0v) is 21.1. The van der Waals surface area contributed by atoms with Gasteiger partial charge in [0, 0.05) is 23.7 Å². The Hall–Kier alpha value is -3.26. The van der Waals surface area contributed by atoms with E-state index >= 15 is 0 Å². The molecule has 1 aliphatic heterocycles. The Labute approximate surface area is 216 Å². The number of carbonyl (C=O) groups excluding carboxylic acids is 2. The van der Waals surface area contributed by atoms with Crippen LogP contribution in [0.5, 0.6) is 0 Å². The van der Waals surface area contributed by atoms with Crippen LogP contribution in [-0.4, -0.2) is 46.5 Å². The van der Waals surface area contributed by atoms with Gasteiger partial charge in [0.2, 0.25) is 0 Å². The van der Waals surface area contributed by atoms with Gasteiger partial charge in [-0.1, -0.05) is 24.3 Å². The molecule has 1 saturated heterocycles. The van der Waals surface area contributed by atoms with Crippen molar-refractivity contribution >= 4 is 18.1 Å². The highest BCUT2D eigenvalue weighted by atomic mass is 19.1. The molecule has 1 aromatic heterocycles. The van der Waals surface area contributed by atoms with Gasteiger partial charge in [-0.15, -0.1) is 0 Å². The van der Waals surface area contributed by atoms with Crippen molar-refractivity contribution in [2.75, 3.05) is 6.61 Å². The second kappa shape index (κ2) is 10.2. The first-order chi connectivity index (χ1) is 17.8. The summed E-state index contributed by atoms with van der Waals surface area (Å²) in [5.74, 6) is -0.990. The molecule has 7 nitrogen and oxygen atoms in total. The number of cyclic esters (lactones) is 1. The quantitative estimate of drug-likeness (QED) is 0.566. The summed E-state index contributed by atoms with van der Waals surface area (Å²) in [4.78, 5) is 29.3. The van der Waals surface area contributed by atoms with Gasteiger partial charge < -0.3 is 19.9 Å². The van der Waals surface area contributed by atoms with Gasteiger partial charge in [-0.05, 0) is 87.1 Å². The van der Waals surface area contributed by atoms with Crippen LogP contribution in [0.4, 0.5) is 9.18 Å². The molecule has 0 spiro atoms. The Kier molecular flexibility index (Phi) is 7.03. The number of aliphatic hydroxyl groups is 1. The van der Waals surface area contributed by atoms with Gasteiger partial charge in [0.25, 0.3) is 0 Å². The standard InChI is InChI=1S/C29H33FN2O5/c1-3-36-28(34)32-23-10-11-24-20(14-23)15-29(35)26(17(2)37-27(29)33)25(24)12-9-22-8-7-19(16-31-22)18-5-4-6-21(30)13-18/h4-9,12-13,16-17,20,23-26,35H,3,10-11,14-15H2,1-2H3,(H,32,34)/b12-9+/t17-,20+,23-,24-,25+,26+,29+/m1/s1. The molecule has 8 heteroatoms. The molecule has 2 N–H and O–H groups in total. The number of nitrogens with one attached hydrogen (secondary N) is 1. The SMILES string of the molecule is CCOC(=O)N[C@@H]1CC[C@@H]2[C@@H](C1)C[C@@]1(O)C(=O)O[C@H](C)[C@H]1[C@H]2/C=C/c1ccc(-c2cccc(F)c2)cn1. The summed E-state index contributed by atoms with van der Waals surface area (Å²) in [7, 11) is 0. The Bertz CT molecular complexity index is 1190. The fourth-order valence-corrected chi connectivity index (χ4v) is 6.70. The average molecular weight is 509 g/mol. The maximum absolute atomic E-state index is 13.6. The van der Waals surface area contributed by atoms with Crippen LogP contribution in [0, 0.1) is 29.5 Å². The summed E-state index contributed by atoms with van der Waals surface area (Å²) in [6, 6.07) is 10.1. The number of hydrogen-bond donors (Lipinski definition) is 2. The van der Waals surface area contributed by atoms with Crippen LogP contribution in [0.25, 0.3) is 17.2 Å². The fourth-order valence-electron chi connectivity index (χ4n) is 6.70. The van der Waals surface area contributed by atoms with Gasteiger partial charge in [0.05, 0.1) is 12.3 Å². The van der Waals surface area contributed by atoms with Crippen LogP contribution in [0.3, 0.4) is 0 Å². The molecular formula is C29H33FN2O5. The number of esters is 1. The number of halogens is 1. The summed E-state index contributed by atoms with van der Waals surface area (Å²) < 4.78 is 24.2. The van der Waals surface area contributed by atoms with Gasteiger partial charge in [-0.3, -0.25) is 4.98 Å². The summed E-state index contributed by atoms with van der Waals surface area (Å²) in [5, 5.41) is 14.5. The van der Waals surface area contributed by atoms with E-state index in [9.17, 15) is 19.1 Å². The van der Waals surface area contributed by atoms with Crippen molar-refractivity contribution in [1.29, 1.82) is 0 Å². The first kappa shape index (κ1) is 25.4. The van der Waals surface area contributed by atoms with E-state index in [0.717, 1.165) is 29.7 Å². The van der Waals surface area contributed by atoms with E-state index in [1.165, 1.54) is 12.1 Å². The molecule has 0 radical (unpaired) electrons. The molecule has 2 saturated carbocycles. The summed E-state index contributed by atoms with van der Waals surface area (Å²) >= 11 is 0. The first-order valence-electron chi connectivity index (χ1n) is 13.1. The number of pyridine rings is 1. The van der Waals surface area contributed by atoms with Crippen molar-refractivity contribution in [3.8, 4) is 11.1 Å². The third-order valence-corrected chi connectivity index (χ3v) is 8.26. The van der Waals surface area contributed by atoms with Gasteiger partial charge in [-0.25, -0.2) is 14.0 Å². The molecule has 37 heavy (non-hydrogen) atoms. The van der Waals surface area contributed by atoms with Crippen LogP contribution in [0.1, 0.15) is 45.2 Å². The highest BCUT2D eigenvalue weighted by Gasteiger charge is 2.63. The number of hydrogen-bond acceptors (Lipinski definition) is 6. The van der Waals surface area contributed by atoms with E-state index in [4.69, 9.17) is 9.47 Å². The van der Waals surface area contributed by atoms with Crippen LogP contribution in [0.2, 0.25) is 0 Å². The lowest BCUT2D eigenvalue weighted by molar-refractivity contribution is -0.162. The normalized spacial score (nSPS) is 32.9. The number of ether oxygens (including phenoxy) is 2. The monoisotopic (exact) mass is 508 g/mol. The number of alkyl carbamates (subject to hydrolysis) is 1. The van der Waals surface area contributed by atoms with Gasteiger partial charge in [-0.2, -0.15) is 0 Å². The molecule has 2 aliphatic carbocycles. The van der Waals surface area contributed by atoms with E-state index in [1.54, 1.807) is 19.2 Å². The second-order valence-corrected chi connectivity index (χ2v) is 10.5. The number of aromatic nitrogens is 1. The zero-order chi connectivity index (χ0) is 26.2. The minimum Gasteiger partial charge on any atom is -0.460 e. The minimum atomic E-state index is -1.55. The summed E-state index contributed by atoms with van der Waals surface area (Å²) in [5.41, 5.74) is 0.767. The number of amides is 1. The van der Waals surface area contributed by atoms with Crippen LogP contribution in [0.15, 0.2) is 48.7 Å². The lowest BCUT2D eigenvalue weighted by Crippen LogP contribution is -2.56. The fraction of sp³-hybridized carbons (Fsp3) is 0.483. The topological polar surface area (TPSA) is 97.8 Å². The smallest absolute Gasteiger partial charge is 0.407 e.